The summed E-state index contributed by atoms with van der Waals surface area (Å²) in [6.45, 7) is 4.59. The maximum atomic E-state index is 13.1. The molecular weight excluding hydrogens is 464 g/mol. The molecule has 0 saturated heterocycles. The number of amides is 2. The van der Waals surface area contributed by atoms with E-state index in [0.717, 1.165) is 65.3 Å². The predicted molar refractivity (Wildman–Crippen MR) is 147 cm³/mol. The van der Waals surface area contributed by atoms with Gasteiger partial charge < -0.3 is 10.3 Å². The smallest absolute Gasteiger partial charge is 0.251 e. The molecule has 4 rings (SSSR count). The molecule has 0 aliphatic carbocycles. The van der Waals surface area contributed by atoms with Crippen LogP contribution in [0.15, 0.2) is 60.7 Å². The largest absolute Gasteiger partial charge is 0.342 e. The first kappa shape index (κ1) is 26.4. The summed E-state index contributed by atoms with van der Waals surface area (Å²) in [5, 5.41) is 5.41. The van der Waals surface area contributed by atoms with Crippen molar-refractivity contribution in [1.82, 2.24) is 20.8 Å². The summed E-state index contributed by atoms with van der Waals surface area (Å²) in [5.74, 6) is 0.529. The van der Waals surface area contributed by atoms with Gasteiger partial charge in [0, 0.05) is 17.4 Å². The minimum absolute atomic E-state index is 0.0930. The number of nitrogens with zero attached hydrogens (tertiary/aromatic N) is 1. The molecule has 1 aromatic heterocycles. The summed E-state index contributed by atoms with van der Waals surface area (Å²) in [7, 11) is 0. The fourth-order valence-electron chi connectivity index (χ4n) is 4.44. The summed E-state index contributed by atoms with van der Waals surface area (Å²) in [4.78, 5) is 38.6. The van der Waals surface area contributed by atoms with Gasteiger partial charge in [0.2, 0.25) is 5.91 Å². The third-order valence-electron chi connectivity index (χ3n) is 6.49. The normalized spacial score (nSPS) is 12.1. The minimum atomic E-state index is -0.273. The van der Waals surface area contributed by atoms with E-state index in [1.54, 1.807) is 0 Å². The number of carbonyl (C=O) groups is 2. The highest BCUT2D eigenvalue weighted by Crippen LogP contribution is 2.27. The van der Waals surface area contributed by atoms with Crippen molar-refractivity contribution in [3.63, 3.8) is 0 Å². The number of hydrogen-bond donors (Lipinski definition) is 3. The predicted octanol–water partition coefficient (Wildman–Crippen LogP) is 6.29. The molecule has 194 valence electrons. The summed E-state index contributed by atoms with van der Waals surface area (Å²) in [6.07, 6.45) is 5.55. The molecule has 1 heterocycles. The summed E-state index contributed by atoms with van der Waals surface area (Å²) >= 11 is 0. The molecule has 1 atom stereocenters. The number of rotatable bonds is 13. The molecule has 2 amide bonds. The van der Waals surface area contributed by atoms with Crippen molar-refractivity contribution in [3.8, 4) is 0 Å². The molecule has 0 radical (unpaired) electrons. The number of fused-ring (bicyclic) bond motifs is 3. The number of aromatic nitrogens is 2. The summed E-state index contributed by atoms with van der Waals surface area (Å²) in [6, 6.07) is 19.6. The van der Waals surface area contributed by atoms with Crippen LogP contribution in [0.25, 0.3) is 21.8 Å². The SMILES string of the molecule is CCCCONC(=O)CCCCC[C@H](NC(=O)c1cccc(C)c1)c1nc2c(ccc3ccccc32)[nH]1. The number of imidazole rings is 1. The first-order chi connectivity index (χ1) is 18.0. The van der Waals surface area contributed by atoms with Crippen LogP contribution in [0.1, 0.15) is 79.7 Å². The number of nitrogens with one attached hydrogen (secondary N) is 3. The van der Waals surface area contributed by atoms with Crippen LogP contribution in [0, 0.1) is 6.92 Å². The van der Waals surface area contributed by atoms with Crippen LogP contribution in [0.5, 0.6) is 0 Å². The zero-order valence-electron chi connectivity index (χ0n) is 21.7. The first-order valence-electron chi connectivity index (χ1n) is 13.2. The van der Waals surface area contributed by atoms with E-state index in [9.17, 15) is 9.59 Å². The average Bonchev–Trinajstić information content (AvgIpc) is 3.35. The summed E-state index contributed by atoms with van der Waals surface area (Å²) in [5.41, 5.74) is 6.03. The van der Waals surface area contributed by atoms with Crippen molar-refractivity contribution in [3.05, 3.63) is 77.6 Å². The highest BCUT2D eigenvalue weighted by molar-refractivity contribution is 6.04. The molecule has 0 bridgehead atoms. The number of hydroxylamine groups is 1. The second-order valence-corrected chi connectivity index (χ2v) is 9.53. The van der Waals surface area contributed by atoms with Gasteiger partial charge in [0.05, 0.1) is 23.7 Å². The number of aromatic amines is 1. The van der Waals surface area contributed by atoms with Gasteiger partial charge in [-0.15, -0.1) is 0 Å². The molecule has 0 spiro atoms. The lowest BCUT2D eigenvalue weighted by Gasteiger charge is -2.17. The molecule has 37 heavy (non-hydrogen) atoms. The molecule has 0 aliphatic rings. The maximum absolute atomic E-state index is 13.1. The van der Waals surface area contributed by atoms with E-state index >= 15 is 0 Å². The molecule has 4 aromatic rings. The van der Waals surface area contributed by atoms with E-state index < -0.39 is 0 Å². The van der Waals surface area contributed by atoms with Crippen LogP contribution < -0.4 is 10.8 Å². The van der Waals surface area contributed by atoms with Crippen LogP contribution >= 0.6 is 0 Å². The zero-order valence-corrected chi connectivity index (χ0v) is 21.7. The molecule has 3 N–H and O–H groups in total. The third kappa shape index (κ3) is 7.17. The van der Waals surface area contributed by atoms with Gasteiger partial charge >= 0.3 is 0 Å². The number of H-pyrrole nitrogens is 1. The Balaban J connectivity index is 1.43. The fraction of sp³-hybridized carbons (Fsp3) is 0.367. The Kier molecular flexibility index (Phi) is 9.27. The topological polar surface area (TPSA) is 96.1 Å². The van der Waals surface area contributed by atoms with Crippen molar-refractivity contribution in [2.75, 3.05) is 6.61 Å². The molecule has 7 nitrogen and oxygen atoms in total. The van der Waals surface area contributed by atoms with E-state index in [2.05, 4.69) is 40.9 Å². The monoisotopic (exact) mass is 500 g/mol. The lowest BCUT2D eigenvalue weighted by molar-refractivity contribution is -0.133. The second-order valence-electron chi connectivity index (χ2n) is 9.53. The van der Waals surface area contributed by atoms with Gasteiger partial charge in [-0.1, -0.05) is 74.2 Å². The molecule has 0 fully saturated rings. The standard InChI is InChI=1S/C30H36N4O3/c1-3-4-19-37-34-27(35)16-7-5-6-15-26(32-30(36)23-13-10-11-21(2)20-23)29-31-25-18-17-22-12-8-9-14-24(22)28(25)33-29/h8-14,17-18,20,26H,3-7,15-16,19H2,1-2H3,(H,31,33)(H,32,36)(H,34,35)/t26-/m0/s1. The van der Waals surface area contributed by atoms with E-state index in [-0.39, 0.29) is 17.9 Å². The Morgan fingerprint density at radius 2 is 1.86 bits per heavy atom. The van der Waals surface area contributed by atoms with E-state index in [1.807, 2.05) is 49.4 Å². The van der Waals surface area contributed by atoms with Crippen LogP contribution in [-0.4, -0.2) is 28.4 Å². The summed E-state index contributed by atoms with van der Waals surface area (Å²) < 4.78 is 0. The molecular formula is C30H36N4O3. The second kappa shape index (κ2) is 13.0. The average molecular weight is 501 g/mol. The van der Waals surface area contributed by atoms with Gasteiger partial charge in [-0.3, -0.25) is 14.4 Å². The molecule has 3 aromatic carbocycles. The van der Waals surface area contributed by atoms with Gasteiger partial charge in [-0.2, -0.15) is 0 Å². The van der Waals surface area contributed by atoms with Crippen LogP contribution in [-0.2, 0) is 9.63 Å². The van der Waals surface area contributed by atoms with Crippen LogP contribution in [0.2, 0.25) is 0 Å². The van der Waals surface area contributed by atoms with E-state index in [0.29, 0.717) is 25.0 Å². The van der Waals surface area contributed by atoms with Gasteiger partial charge in [0.1, 0.15) is 5.82 Å². The quantitative estimate of drug-likeness (QED) is 0.148. The van der Waals surface area contributed by atoms with Gasteiger partial charge in [-0.25, -0.2) is 10.5 Å². The number of aryl methyl sites for hydroxylation is 1. The third-order valence-corrected chi connectivity index (χ3v) is 6.49. The Hall–Kier alpha value is -3.71. The van der Waals surface area contributed by atoms with Crippen molar-refractivity contribution in [2.45, 2.75) is 64.8 Å². The van der Waals surface area contributed by atoms with Gasteiger partial charge in [-0.05, 0) is 49.8 Å². The van der Waals surface area contributed by atoms with Crippen molar-refractivity contribution < 1.29 is 14.4 Å². The lowest BCUT2D eigenvalue weighted by atomic mass is 10.1. The lowest BCUT2D eigenvalue weighted by Crippen LogP contribution is -2.29. The van der Waals surface area contributed by atoms with Crippen LogP contribution in [0.4, 0.5) is 0 Å². The molecule has 0 saturated carbocycles. The Morgan fingerprint density at radius 3 is 2.70 bits per heavy atom. The number of carbonyl (C=O) groups excluding carboxylic acids is 2. The fourth-order valence-corrected chi connectivity index (χ4v) is 4.44. The first-order valence-corrected chi connectivity index (χ1v) is 13.2. The minimum Gasteiger partial charge on any atom is -0.342 e. The number of benzene rings is 3. The Bertz CT molecular complexity index is 1350. The highest BCUT2D eigenvalue weighted by Gasteiger charge is 2.20. The Morgan fingerprint density at radius 1 is 1.00 bits per heavy atom. The van der Waals surface area contributed by atoms with E-state index in [4.69, 9.17) is 9.82 Å². The zero-order chi connectivity index (χ0) is 26.0. The van der Waals surface area contributed by atoms with Gasteiger partial charge in [0.25, 0.3) is 5.91 Å². The molecule has 0 aliphatic heterocycles. The molecule has 7 heteroatoms. The van der Waals surface area contributed by atoms with Crippen LogP contribution in [0.3, 0.4) is 0 Å². The van der Waals surface area contributed by atoms with Crippen molar-refractivity contribution >= 4 is 33.6 Å². The Labute approximate surface area is 218 Å². The maximum Gasteiger partial charge on any atom is 0.251 e. The van der Waals surface area contributed by atoms with E-state index in [1.165, 1.54) is 0 Å². The highest BCUT2D eigenvalue weighted by atomic mass is 16.6. The van der Waals surface area contributed by atoms with Gasteiger partial charge in [0.15, 0.2) is 0 Å². The number of unbranched alkanes of at least 4 members (excludes halogenated alkanes) is 3. The van der Waals surface area contributed by atoms with Crippen molar-refractivity contribution in [2.24, 2.45) is 0 Å². The molecule has 0 unspecified atom stereocenters. The number of hydrogen-bond acceptors (Lipinski definition) is 4. The van der Waals surface area contributed by atoms with Crippen molar-refractivity contribution in [1.29, 1.82) is 0 Å².